The molecule has 5 rings (SSSR count). The van der Waals surface area contributed by atoms with Crippen molar-refractivity contribution in [3.8, 4) is 5.69 Å². The number of carbonyl (C=O) groups is 2. The van der Waals surface area contributed by atoms with Crippen LogP contribution >= 0.6 is 23.4 Å². The van der Waals surface area contributed by atoms with E-state index in [9.17, 15) is 9.59 Å². The Labute approximate surface area is 239 Å². The molecule has 0 aliphatic carbocycles. The number of aromatic nitrogens is 2. The van der Waals surface area contributed by atoms with Crippen molar-refractivity contribution in [2.75, 3.05) is 30.3 Å². The molecule has 1 saturated heterocycles. The van der Waals surface area contributed by atoms with Crippen LogP contribution < -0.4 is 10.2 Å². The number of anilines is 1. The summed E-state index contributed by atoms with van der Waals surface area (Å²) in [6.45, 7) is 9.48. The van der Waals surface area contributed by atoms with Gasteiger partial charge in [0.15, 0.2) is 0 Å². The van der Waals surface area contributed by atoms with E-state index >= 15 is 0 Å². The number of benzene rings is 2. The van der Waals surface area contributed by atoms with Gasteiger partial charge in [-0.1, -0.05) is 62.7 Å². The molecule has 2 atom stereocenters. The van der Waals surface area contributed by atoms with Crippen LogP contribution in [0.3, 0.4) is 0 Å². The van der Waals surface area contributed by atoms with E-state index < -0.39 is 0 Å². The highest BCUT2D eigenvalue weighted by Gasteiger charge is 2.40. The number of carbonyl (C=O) groups excluding carboxylic acids is 2. The Balaban J connectivity index is 1.66. The summed E-state index contributed by atoms with van der Waals surface area (Å²) < 4.78 is 7.53. The number of fused-ring (bicyclic) bond motifs is 1. The molecule has 2 aromatic carbocycles. The van der Waals surface area contributed by atoms with Crippen molar-refractivity contribution in [2.45, 2.75) is 57.3 Å². The van der Waals surface area contributed by atoms with Crippen LogP contribution in [-0.2, 0) is 19.7 Å². The molecule has 39 heavy (non-hydrogen) atoms. The number of para-hydroxylation sites is 1. The SMILES string of the molecule is Cc1ccccc1-n1nc(C(C)(C)C)c2c1N(CC(=O)NCC1CCCO1)C(=O)CSC2c1cccc(Cl)c1. The minimum absolute atomic E-state index is 0.0251. The van der Waals surface area contributed by atoms with Crippen LogP contribution in [0.2, 0.25) is 5.02 Å². The maximum Gasteiger partial charge on any atom is 0.240 e. The van der Waals surface area contributed by atoms with E-state index in [4.69, 9.17) is 21.4 Å². The Morgan fingerprint density at radius 3 is 2.69 bits per heavy atom. The molecule has 3 heterocycles. The first kappa shape index (κ1) is 27.7. The zero-order chi connectivity index (χ0) is 27.7. The van der Waals surface area contributed by atoms with E-state index in [0.717, 1.165) is 47.5 Å². The van der Waals surface area contributed by atoms with Crippen LogP contribution in [0.5, 0.6) is 0 Å². The van der Waals surface area contributed by atoms with Crippen LogP contribution in [-0.4, -0.2) is 53.1 Å². The first-order chi connectivity index (χ1) is 18.6. The largest absolute Gasteiger partial charge is 0.376 e. The quantitative estimate of drug-likeness (QED) is 0.420. The number of nitrogens with one attached hydrogen (secondary N) is 1. The van der Waals surface area contributed by atoms with Crippen molar-refractivity contribution >= 4 is 41.0 Å². The molecule has 7 nitrogen and oxygen atoms in total. The Morgan fingerprint density at radius 2 is 2.00 bits per heavy atom. The molecule has 0 spiro atoms. The monoisotopic (exact) mass is 566 g/mol. The maximum absolute atomic E-state index is 13.8. The minimum Gasteiger partial charge on any atom is -0.376 e. The van der Waals surface area contributed by atoms with Gasteiger partial charge in [-0.25, -0.2) is 4.68 Å². The predicted octanol–water partition coefficient (Wildman–Crippen LogP) is 5.60. The molecule has 0 saturated carbocycles. The van der Waals surface area contributed by atoms with Crippen molar-refractivity contribution < 1.29 is 14.3 Å². The topological polar surface area (TPSA) is 76.5 Å². The fourth-order valence-electron chi connectivity index (χ4n) is 5.21. The van der Waals surface area contributed by atoms with E-state index in [1.807, 2.05) is 60.1 Å². The number of hydrogen-bond acceptors (Lipinski definition) is 5. The zero-order valence-electron chi connectivity index (χ0n) is 22.9. The van der Waals surface area contributed by atoms with E-state index in [2.05, 4.69) is 26.1 Å². The number of aryl methyl sites for hydroxylation is 1. The lowest BCUT2D eigenvalue weighted by atomic mass is 9.87. The van der Waals surface area contributed by atoms with Crippen molar-refractivity contribution in [1.29, 1.82) is 0 Å². The summed E-state index contributed by atoms with van der Waals surface area (Å²) in [5, 5.41) is 8.60. The van der Waals surface area contributed by atoms with Gasteiger partial charge >= 0.3 is 0 Å². The van der Waals surface area contributed by atoms with Crippen LogP contribution in [0.1, 0.15) is 61.2 Å². The summed E-state index contributed by atoms with van der Waals surface area (Å²) >= 11 is 7.98. The molecule has 9 heteroatoms. The van der Waals surface area contributed by atoms with E-state index in [1.165, 1.54) is 0 Å². The molecule has 3 aromatic rings. The normalized spacial score (nSPS) is 19.6. The van der Waals surface area contributed by atoms with Crippen molar-refractivity contribution in [3.63, 3.8) is 0 Å². The van der Waals surface area contributed by atoms with Gasteiger partial charge in [0.25, 0.3) is 0 Å². The van der Waals surface area contributed by atoms with Gasteiger partial charge in [0.1, 0.15) is 12.4 Å². The smallest absolute Gasteiger partial charge is 0.240 e. The average molecular weight is 567 g/mol. The summed E-state index contributed by atoms with van der Waals surface area (Å²) in [5.74, 6) is 0.517. The van der Waals surface area contributed by atoms with Gasteiger partial charge in [-0.05, 0) is 49.1 Å². The summed E-state index contributed by atoms with van der Waals surface area (Å²) in [7, 11) is 0. The Morgan fingerprint density at radius 1 is 1.21 bits per heavy atom. The molecule has 1 fully saturated rings. The second-order valence-electron chi connectivity index (χ2n) is 11.2. The highest BCUT2D eigenvalue weighted by atomic mass is 35.5. The van der Waals surface area contributed by atoms with Gasteiger partial charge in [0.05, 0.1) is 28.5 Å². The predicted molar refractivity (Wildman–Crippen MR) is 157 cm³/mol. The molecule has 2 amide bonds. The molecule has 2 aliphatic rings. The van der Waals surface area contributed by atoms with Gasteiger partial charge in [-0.15, -0.1) is 11.8 Å². The van der Waals surface area contributed by atoms with Gasteiger partial charge in [-0.2, -0.15) is 5.10 Å². The standard InChI is InChI=1S/C30H35ClN4O3S/c1-19-9-5-6-13-23(19)35-29-26(28(33-35)30(2,3)4)27(20-10-7-11-21(31)15-20)39-18-25(37)34(29)17-24(36)32-16-22-12-8-14-38-22/h5-7,9-11,13,15,22,27H,8,12,14,16-18H2,1-4H3,(H,32,36). The van der Waals surface area contributed by atoms with Crippen molar-refractivity contribution in [1.82, 2.24) is 15.1 Å². The Kier molecular flexibility index (Phi) is 8.08. The molecular weight excluding hydrogens is 532 g/mol. The van der Waals surface area contributed by atoms with Crippen LogP contribution in [0.4, 0.5) is 5.82 Å². The van der Waals surface area contributed by atoms with Gasteiger partial charge in [0.2, 0.25) is 11.8 Å². The number of amides is 2. The molecule has 0 bridgehead atoms. The zero-order valence-corrected chi connectivity index (χ0v) is 24.4. The first-order valence-electron chi connectivity index (χ1n) is 13.4. The van der Waals surface area contributed by atoms with Crippen molar-refractivity contribution in [3.05, 3.63) is 75.9 Å². The summed E-state index contributed by atoms with van der Waals surface area (Å²) in [5.41, 5.74) is 4.40. The lowest BCUT2D eigenvalue weighted by Crippen LogP contribution is -2.44. The van der Waals surface area contributed by atoms with Crippen molar-refractivity contribution in [2.24, 2.45) is 0 Å². The summed E-state index contributed by atoms with van der Waals surface area (Å²) in [6.07, 6.45) is 1.96. The second kappa shape index (κ2) is 11.4. The number of thioether (sulfide) groups is 1. The molecule has 1 aromatic heterocycles. The van der Waals surface area contributed by atoms with E-state index in [1.54, 1.807) is 16.7 Å². The highest BCUT2D eigenvalue weighted by molar-refractivity contribution is 8.00. The molecule has 0 radical (unpaired) electrons. The third-order valence-electron chi connectivity index (χ3n) is 7.15. The Bertz CT molecular complexity index is 1380. The maximum atomic E-state index is 13.8. The molecule has 2 aliphatic heterocycles. The van der Waals surface area contributed by atoms with Crippen LogP contribution in [0.15, 0.2) is 48.5 Å². The molecular formula is C30H35ClN4O3S. The molecule has 2 unspecified atom stereocenters. The summed E-state index contributed by atoms with van der Waals surface area (Å²) in [4.78, 5) is 28.6. The lowest BCUT2D eigenvalue weighted by molar-refractivity contribution is -0.123. The van der Waals surface area contributed by atoms with Gasteiger partial charge in [-0.3, -0.25) is 14.5 Å². The fourth-order valence-corrected chi connectivity index (χ4v) is 6.59. The fraction of sp³-hybridized carbons (Fsp3) is 0.433. The number of hydrogen-bond donors (Lipinski definition) is 1. The highest BCUT2D eigenvalue weighted by Crippen LogP contribution is 2.48. The van der Waals surface area contributed by atoms with E-state index in [0.29, 0.717) is 17.4 Å². The summed E-state index contributed by atoms with van der Waals surface area (Å²) in [6, 6.07) is 15.8. The number of rotatable bonds is 6. The van der Waals surface area contributed by atoms with E-state index in [-0.39, 0.29) is 40.9 Å². The van der Waals surface area contributed by atoms with Gasteiger partial charge in [0, 0.05) is 29.2 Å². The minimum atomic E-state index is -0.323. The number of ether oxygens (including phenoxy) is 1. The molecule has 1 N–H and O–H groups in total. The molecule has 206 valence electrons. The third-order valence-corrected chi connectivity index (χ3v) is 8.64. The van der Waals surface area contributed by atoms with Gasteiger partial charge < -0.3 is 10.1 Å². The van der Waals surface area contributed by atoms with Crippen LogP contribution in [0, 0.1) is 6.92 Å². The lowest BCUT2D eigenvalue weighted by Gasteiger charge is -2.25. The average Bonchev–Trinajstić information content (AvgIpc) is 3.52. The Hall–Kier alpha value is -2.81. The third kappa shape index (κ3) is 5.88. The number of halogens is 1. The second-order valence-corrected chi connectivity index (χ2v) is 12.7. The number of nitrogens with zero attached hydrogens (tertiary/aromatic N) is 3. The first-order valence-corrected chi connectivity index (χ1v) is 14.8. The van der Waals surface area contributed by atoms with Crippen LogP contribution in [0.25, 0.3) is 5.69 Å².